The standard InChI is InChI=1S/C23H25N5O3/c1-30-22(29)15-2-5-17(6-3-15)27-23-26-13-10-20(28-23)16-4-7-21(19(24)14-16)31-18-8-11-25-12-9-18/h2-7,10,13-14,18,25H,8-9,11-12,24H2,1H3,(H,26,27,28). The Morgan fingerprint density at radius 1 is 1.13 bits per heavy atom. The molecular weight excluding hydrogens is 394 g/mol. The molecule has 0 aliphatic carbocycles. The molecule has 1 aromatic heterocycles. The monoisotopic (exact) mass is 419 g/mol. The quantitative estimate of drug-likeness (QED) is 0.412. The van der Waals surface area contributed by atoms with E-state index in [0.29, 0.717) is 22.9 Å². The number of rotatable bonds is 6. The number of nitrogens with two attached hydrogens (primary N) is 1. The first kappa shape index (κ1) is 20.6. The Labute approximate surface area is 180 Å². The molecule has 0 spiro atoms. The van der Waals surface area contributed by atoms with E-state index in [9.17, 15) is 4.79 Å². The van der Waals surface area contributed by atoms with Crippen LogP contribution in [0.2, 0.25) is 0 Å². The Morgan fingerprint density at radius 2 is 1.90 bits per heavy atom. The van der Waals surface area contributed by atoms with Gasteiger partial charge in [0, 0.05) is 17.4 Å². The molecule has 4 rings (SSSR count). The number of benzene rings is 2. The minimum Gasteiger partial charge on any atom is -0.488 e. The molecule has 0 unspecified atom stereocenters. The summed E-state index contributed by atoms with van der Waals surface area (Å²) >= 11 is 0. The van der Waals surface area contributed by atoms with E-state index in [1.54, 1.807) is 30.5 Å². The van der Waals surface area contributed by atoms with Gasteiger partial charge >= 0.3 is 5.97 Å². The molecule has 1 aliphatic heterocycles. The number of hydrogen-bond donors (Lipinski definition) is 3. The van der Waals surface area contributed by atoms with Crippen molar-refractivity contribution in [1.29, 1.82) is 0 Å². The van der Waals surface area contributed by atoms with Crippen LogP contribution in [0.15, 0.2) is 54.7 Å². The molecule has 2 heterocycles. The predicted molar refractivity (Wildman–Crippen MR) is 119 cm³/mol. The normalized spacial score (nSPS) is 14.1. The zero-order valence-electron chi connectivity index (χ0n) is 17.3. The first-order valence-corrected chi connectivity index (χ1v) is 10.2. The molecule has 1 aliphatic rings. The van der Waals surface area contributed by atoms with Crippen molar-refractivity contribution in [3.05, 3.63) is 60.3 Å². The number of esters is 1. The summed E-state index contributed by atoms with van der Waals surface area (Å²) in [6.07, 6.45) is 3.82. The Morgan fingerprint density at radius 3 is 2.61 bits per heavy atom. The number of aromatic nitrogens is 2. The first-order valence-electron chi connectivity index (χ1n) is 10.2. The molecule has 2 aromatic carbocycles. The molecule has 160 valence electrons. The number of piperidine rings is 1. The van der Waals surface area contributed by atoms with Crippen LogP contribution in [0.4, 0.5) is 17.3 Å². The van der Waals surface area contributed by atoms with Crippen molar-refractivity contribution in [2.24, 2.45) is 0 Å². The van der Waals surface area contributed by atoms with Gasteiger partial charge in [-0.1, -0.05) is 0 Å². The van der Waals surface area contributed by atoms with Gasteiger partial charge in [0.1, 0.15) is 11.9 Å². The summed E-state index contributed by atoms with van der Waals surface area (Å²) in [6, 6.07) is 14.4. The lowest BCUT2D eigenvalue weighted by Crippen LogP contribution is -2.34. The highest BCUT2D eigenvalue weighted by molar-refractivity contribution is 5.89. The van der Waals surface area contributed by atoms with Crippen molar-refractivity contribution in [2.75, 3.05) is 31.2 Å². The molecule has 0 atom stereocenters. The van der Waals surface area contributed by atoms with Gasteiger partial charge in [-0.15, -0.1) is 0 Å². The number of anilines is 3. The van der Waals surface area contributed by atoms with Crippen LogP contribution in [-0.2, 0) is 4.74 Å². The number of carbonyl (C=O) groups excluding carboxylic acids is 1. The third kappa shape index (κ3) is 5.10. The maximum absolute atomic E-state index is 11.6. The molecular formula is C23H25N5O3. The summed E-state index contributed by atoms with van der Waals surface area (Å²) in [5.74, 6) is 0.764. The summed E-state index contributed by atoms with van der Waals surface area (Å²) in [5.41, 5.74) is 9.69. The summed E-state index contributed by atoms with van der Waals surface area (Å²) in [6.45, 7) is 1.93. The molecule has 4 N–H and O–H groups in total. The molecule has 8 heteroatoms. The maximum Gasteiger partial charge on any atom is 0.337 e. The molecule has 31 heavy (non-hydrogen) atoms. The van der Waals surface area contributed by atoms with E-state index in [2.05, 4.69) is 20.6 Å². The van der Waals surface area contributed by atoms with Crippen LogP contribution in [-0.4, -0.2) is 42.2 Å². The van der Waals surface area contributed by atoms with Crippen molar-refractivity contribution < 1.29 is 14.3 Å². The van der Waals surface area contributed by atoms with Crippen molar-refractivity contribution in [3.8, 4) is 17.0 Å². The minimum absolute atomic E-state index is 0.190. The van der Waals surface area contributed by atoms with Crippen LogP contribution in [0.1, 0.15) is 23.2 Å². The zero-order valence-corrected chi connectivity index (χ0v) is 17.3. The third-order valence-electron chi connectivity index (χ3n) is 5.10. The molecule has 3 aromatic rings. The Bertz CT molecular complexity index is 1050. The van der Waals surface area contributed by atoms with Crippen molar-refractivity contribution >= 4 is 23.3 Å². The Kier molecular flexibility index (Phi) is 6.28. The Hall–Kier alpha value is -3.65. The zero-order chi connectivity index (χ0) is 21.6. The van der Waals surface area contributed by atoms with Crippen molar-refractivity contribution in [2.45, 2.75) is 18.9 Å². The lowest BCUT2D eigenvalue weighted by Gasteiger charge is -2.24. The van der Waals surface area contributed by atoms with Gasteiger partial charge in [-0.2, -0.15) is 0 Å². The van der Waals surface area contributed by atoms with Crippen LogP contribution in [0.3, 0.4) is 0 Å². The van der Waals surface area contributed by atoms with Gasteiger partial charge in [0.25, 0.3) is 0 Å². The van der Waals surface area contributed by atoms with Crippen LogP contribution in [0.25, 0.3) is 11.3 Å². The number of nitrogens with zero attached hydrogens (tertiary/aromatic N) is 2. The van der Waals surface area contributed by atoms with Gasteiger partial charge in [-0.25, -0.2) is 14.8 Å². The molecule has 1 fully saturated rings. The van der Waals surface area contributed by atoms with Gasteiger partial charge in [0.05, 0.1) is 24.1 Å². The lowest BCUT2D eigenvalue weighted by atomic mass is 10.1. The summed E-state index contributed by atoms with van der Waals surface area (Å²) in [4.78, 5) is 20.4. The second-order valence-electron chi connectivity index (χ2n) is 7.28. The fourth-order valence-electron chi connectivity index (χ4n) is 3.42. The van der Waals surface area contributed by atoms with E-state index >= 15 is 0 Å². The van der Waals surface area contributed by atoms with Crippen LogP contribution >= 0.6 is 0 Å². The smallest absolute Gasteiger partial charge is 0.337 e. The van der Waals surface area contributed by atoms with Gasteiger partial charge < -0.3 is 25.8 Å². The second kappa shape index (κ2) is 9.44. The minimum atomic E-state index is -0.380. The van der Waals surface area contributed by atoms with Crippen molar-refractivity contribution in [3.63, 3.8) is 0 Å². The van der Waals surface area contributed by atoms with Crippen LogP contribution in [0.5, 0.6) is 5.75 Å². The molecule has 1 saturated heterocycles. The van der Waals surface area contributed by atoms with E-state index in [-0.39, 0.29) is 12.1 Å². The molecule has 0 amide bonds. The molecule has 0 radical (unpaired) electrons. The molecule has 8 nitrogen and oxygen atoms in total. The first-order chi connectivity index (χ1) is 15.1. The fourth-order valence-corrected chi connectivity index (χ4v) is 3.42. The summed E-state index contributed by atoms with van der Waals surface area (Å²) < 4.78 is 10.8. The number of nitrogen functional groups attached to an aromatic ring is 1. The number of hydrogen-bond acceptors (Lipinski definition) is 8. The SMILES string of the molecule is COC(=O)c1ccc(Nc2nccc(-c3ccc(OC4CCNCC4)c(N)c3)n2)cc1. The predicted octanol–water partition coefficient (Wildman–Crippen LogP) is 3.39. The number of carbonyl (C=O) groups is 1. The highest BCUT2D eigenvalue weighted by atomic mass is 16.5. The van der Waals surface area contributed by atoms with E-state index in [1.807, 2.05) is 24.3 Å². The highest BCUT2D eigenvalue weighted by Gasteiger charge is 2.16. The number of methoxy groups -OCH3 is 1. The highest BCUT2D eigenvalue weighted by Crippen LogP contribution is 2.30. The van der Waals surface area contributed by atoms with Gasteiger partial charge in [-0.3, -0.25) is 0 Å². The number of ether oxygens (including phenoxy) is 2. The van der Waals surface area contributed by atoms with Crippen LogP contribution < -0.4 is 21.1 Å². The Balaban J connectivity index is 1.47. The molecule has 0 bridgehead atoms. The largest absolute Gasteiger partial charge is 0.488 e. The number of nitrogens with one attached hydrogen (secondary N) is 2. The lowest BCUT2D eigenvalue weighted by molar-refractivity contribution is 0.0601. The summed E-state index contributed by atoms with van der Waals surface area (Å²) in [7, 11) is 1.35. The average molecular weight is 419 g/mol. The van der Waals surface area contributed by atoms with E-state index < -0.39 is 0 Å². The van der Waals surface area contributed by atoms with Gasteiger partial charge in [0.15, 0.2) is 0 Å². The van der Waals surface area contributed by atoms with Crippen LogP contribution in [0, 0.1) is 0 Å². The molecule has 0 saturated carbocycles. The third-order valence-corrected chi connectivity index (χ3v) is 5.10. The van der Waals surface area contributed by atoms with Crippen molar-refractivity contribution in [1.82, 2.24) is 15.3 Å². The second-order valence-corrected chi connectivity index (χ2v) is 7.28. The van der Waals surface area contributed by atoms with E-state index in [1.165, 1.54) is 7.11 Å². The van der Waals surface area contributed by atoms with E-state index in [0.717, 1.165) is 42.9 Å². The van der Waals surface area contributed by atoms with Gasteiger partial charge in [0.2, 0.25) is 5.95 Å². The average Bonchev–Trinajstić information content (AvgIpc) is 2.81. The summed E-state index contributed by atoms with van der Waals surface area (Å²) in [5, 5.41) is 6.47. The topological polar surface area (TPSA) is 111 Å². The van der Waals surface area contributed by atoms with Gasteiger partial charge in [-0.05, 0) is 74.5 Å². The van der Waals surface area contributed by atoms with E-state index in [4.69, 9.17) is 15.2 Å². The maximum atomic E-state index is 11.6. The fraction of sp³-hybridized carbons (Fsp3) is 0.261.